The predicted octanol–water partition coefficient (Wildman–Crippen LogP) is 3.00. The van der Waals surface area contributed by atoms with Gasteiger partial charge in [0, 0.05) is 13.2 Å². The largest absolute Gasteiger partial charge is 0.450 e. The lowest BCUT2D eigenvalue weighted by atomic mass is 9.98. The molecule has 0 saturated carbocycles. The van der Waals surface area contributed by atoms with Crippen molar-refractivity contribution in [2.24, 2.45) is 0 Å². The zero-order valence-electron chi connectivity index (χ0n) is 14.1. The van der Waals surface area contributed by atoms with Gasteiger partial charge in [-0.15, -0.1) is 0 Å². The molecule has 0 spiro atoms. The Morgan fingerprint density at radius 1 is 1.07 bits per heavy atom. The zero-order chi connectivity index (χ0) is 19.1. The Kier molecular flexibility index (Phi) is 4.24. The van der Waals surface area contributed by atoms with Crippen LogP contribution in [0.1, 0.15) is 34.1 Å². The molecule has 5 nitrogen and oxygen atoms in total. The van der Waals surface area contributed by atoms with E-state index in [-0.39, 0.29) is 41.9 Å². The monoisotopic (exact) mass is 371 g/mol. The smallest absolute Gasteiger partial charge is 0.290 e. The molecule has 0 unspecified atom stereocenters. The quantitative estimate of drug-likeness (QED) is 0.765. The Labute approximate surface area is 152 Å². The van der Waals surface area contributed by atoms with Crippen molar-refractivity contribution in [3.8, 4) is 0 Å². The summed E-state index contributed by atoms with van der Waals surface area (Å²) in [6.07, 6.45) is 0.286. The van der Waals surface area contributed by atoms with Crippen LogP contribution >= 0.6 is 0 Å². The average molecular weight is 371 g/mol. The summed E-state index contributed by atoms with van der Waals surface area (Å²) in [5.41, 5.74) is 0.0418. The molecule has 0 bridgehead atoms. The van der Waals surface area contributed by atoms with Gasteiger partial charge in [0.1, 0.15) is 17.2 Å². The van der Waals surface area contributed by atoms with Gasteiger partial charge in [-0.05, 0) is 42.3 Å². The molecule has 1 amide bonds. The maximum atomic E-state index is 13.8. The van der Waals surface area contributed by atoms with Crippen LogP contribution in [0.2, 0.25) is 0 Å². The third kappa shape index (κ3) is 2.80. The van der Waals surface area contributed by atoms with Crippen molar-refractivity contribution in [1.29, 1.82) is 0 Å². The van der Waals surface area contributed by atoms with E-state index in [1.165, 1.54) is 29.2 Å². The highest BCUT2D eigenvalue weighted by Crippen LogP contribution is 2.38. The number of benzene rings is 2. The van der Waals surface area contributed by atoms with Gasteiger partial charge >= 0.3 is 0 Å². The Bertz CT molecular complexity index is 1110. The molecule has 2 heterocycles. The minimum Gasteiger partial charge on any atom is -0.450 e. The molecule has 3 aromatic rings. The molecule has 1 N–H and O–H groups in total. The van der Waals surface area contributed by atoms with E-state index in [1.54, 1.807) is 6.07 Å². The van der Waals surface area contributed by atoms with E-state index in [2.05, 4.69) is 0 Å². The van der Waals surface area contributed by atoms with Crippen LogP contribution in [0.4, 0.5) is 8.78 Å². The van der Waals surface area contributed by atoms with Gasteiger partial charge in [0.15, 0.2) is 5.43 Å². The van der Waals surface area contributed by atoms with Crippen molar-refractivity contribution in [3.05, 3.63) is 81.2 Å². The van der Waals surface area contributed by atoms with Crippen molar-refractivity contribution in [3.63, 3.8) is 0 Å². The molecule has 0 radical (unpaired) electrons. The number of aliphatic hydroxyl groups is 1. The number of carbonyl (C=O) groups is 1. The van der Waals surface area contributed by atoms with Gasteiger partial charge in [0.25, 0.3) is 5.91 Å². The number of nitrogens with zero attached hydrogens (tertiary/aromatic N) is 1. The first-order chi connectivity index (χ1) is 13.0. The van der Waals surface area contributed by atoms with Gasteiger partial charge < -0.3 is 14.4 Å². The van der Waals surface area contributed by atoms with Gasteiger partial charge in [-0.25, -0.2) is 8.78 Å². The summed E-state index contributed by atoms with van der Waals surface area (Å²) in [6.45, 7) is 0.00934. The maximum absolute atomic E-state index is 13.8. The number of rotatable bonds is 4. The van der Waals surface area contributed by atoms with Crippen LogP contribution in [0.15, 0.2) is 51.7 Å². The molecule has 2 aromatic carbocycles. The van der Waals surface area contributed by atoms with Crippen LogP contribution in [0.3, 0.4) is 0 Å². The van der Waals surface area contributed by atoms with E-state index < -0.39 is 29.0 Å². The van der Waals surface area contributed by atoms with Crippen LogP contribution in [0.25, 0.3) is 11.0 Å². The summed E-state index contributed by atoms with van der Waals surface area (Å²) in [7, 11) is 0. The van der Waals surface area contributed by atoms with Crippen LogP contribution < -0.4 is 5.43 Å². The molecule has 7 heteroatoms. The van der Waals surface area contributed by atoms with E-state index in [0.29, 0.717) is 5.56 Å². The number of amides is 1. The Balaban J connectivity index is 1.99. The van der Waals surface area contributed by atoms with Crippen LogP contribution in [-0.2, 0) is 0 Å². The number of halogens is 2. The number of fused-ring (bicyclic) bond motifs is 2. The summed E-state index contributed by atoms with van der Waals surface area (Å²) in [4.78, 5) is 27.3. The molecule has 0 saturated heterocycles. The lowest BCUT2D eigenvalue weighted by molar-refractivity contribution is 0.0716. The van der Waals surface area contributed by atoms with E-state index in [1.807, 2.05) is 0 Å². The highest BCUT2D eigenvalue weighted by molar-refractivity contribution is 5.99. The number of hydrogen-bond donors (Lipinski definition) is 1. The first-order valence-corrected chi connectivity index (χ1v) is 8.45. The predicted molar refractivity (Wildman–Crippen MR) is 93.4 cm³/mol. The second-order valence-electron chi connectivity index (χ2n) is 6.35. The molecule has 138 valence electrons. The summed E-state index contributed by atoms with van der Waals surface area (Å²) >= 11 is 0. The lowest BCUT2D eigenvalue weighted by Crippen LogP contribution is -2.31. The fourth-order valence-corrected chi connectivity index (χ4v) is 3.49. The van der Waals surface area contributed by atoms with Crippen LogP contribution in [0.5, 0.6) is 0 Å². The summed E-state index contributed by atoms with van der Waals surface area (Å²) < 4.78 is 33.0. The average Bonchev–Trinajstić information content (AvgIpc) is 2.93. The summed E-state index contributed by atoms with van der Waals surface area (Å²) in [5, 5.41) is 9.17. The molecule has 27 heavy (non-hydrogen) atoms. The Morgan fingerprint density at radius 3 is 2.59 bits per heavy atom. The number of carbonyl (C=O) groups excluding carboxylic acids is 1. The van der Waals surface area contributed by atoms with Crippen LogP contribution in [0, 0.1) is 11.6 Å². The van der Waals surface area contributed by atoms with Crippen molar-refractivity contribution < 1.29 is 23.1 Å². The minimum absolute atomic E-state index is 0.0203. The van der Waals surface area contributed by atoms with E-state index in [0.717, 1.165) is 12.1 Å². The first-order valence-electron chi connectivity index (χ1n) is 8.45. The molecule has 1 aliphatic heterocycles. The van der Waals surface area contributed by atoms with Gasteiger partial charge in [-0.3, -0.25) is 9.59 Å². The van der Waals surface area contributed by atoms with E-state index >= 15 is 0 Å². The molecule has 1 atom stereocenters. The molecular formula is C20H15F2NO4. The minimum atomic E-state index is -0.862. The fraction of sp³-hybridized carbons (Fsp3) is 0.200. The number of hydrogen-bond acceptors (Lipinski definition) is 4. The van der Waals surface area contributed by atoms with E-state index in [4.69, 9.17) is 9.52 Å². The lowest BCUT2D eigenvalue weighted by Gasteiger charge is -2.24. The van der Waals surface area contributed by atoms with Crippen LogP contribution in [-0.4, -0.2) is 29.1 Å². The maximum Gasteiger partial charge on any atom is 0.290 e. The molecule has 1 aromatic heterocycles. The van der Waals surface area contributed by atoms with Crippen molar-refractivity contribution in [2.45, 2.75) is 12.5 Å². The SMILES string of the molecule is O=C1c2oc3ccc(F)cc3c(=O)c2[C@@H](c2cccc(F)c2)N1CCCO. The van der Waals surface area contributed by atoms with Gasteiger partial charge in [-0.1, -0.05) is 12.1 Å². The van der Waals surface area contributed by atoms with Gasteiger partial charge in [0.05, 0.1) is 17.0 Å². The standard InChI is InChI=1S/C20H15F2NO4/c21-12-4-1-3-11(9-12)17-16-18(25)14-10-13(22)5-6-15(14)27-19(16)20(26)23(17)7-2-8-24/h1,3-6,9-10,17,24H,2,7-8H2/t17-/m1/s1. The molecule has 1 aliphatic rings. The van der Waals surface area contributed by atoms with E-state index in [9.17, 15) is 18.4 Å². The Morgan fingerprint density at radius 2 is 1.85 bits per heavy atom. The summed E-state index contributed by atoms with van der Waals surface area (Å²) in [5.74, 6) is -1.76. The van der Waals surface area contributed by atoms with Gasteiger partial charge in [0.2, 0.25) is 5.76 Å². The second kappa shape index (κ2) is 6.59. The first kappa shape index (κ1) is 17.4. The van der Waals surface area contributed by atoms with Crippen molar-refractivity contribution in [2.75, 3.05) is 13.2 Å². The van der Waals surface area contributed by atoms with Crippen molar-refractivity contribution >= 4 is 16.9 Å². The van der Waals surface area contributed by atoms with Crippen molar-refractivity contribution in [1.82, 2.24) is 4.90 Å². The highest BCUT2D eigenvalue weighted by atomic mass is 19.1. The topological polar surface area (TPSA) is 70.8 Å². The Hall–Kier alpha value is -3.06. The molecule has 4 rings (SSSR count). The molecular weight excluding hydrogens is 356 g/mol. The molecule has 0 fully saturated rings. The molecule has 0 aliphatic carbocycles. The fourth-order valence-electron chi connectivity index (χ4n) is 3.49. The second-order valence-corrected chi connectivity index (χ2v) is 6.35. The number of aliphatic hydroxyl groups excluding tert-OH is 1. The van der Waals surface area contributed by atoms with Gasteiger partial charge in [-0.2, -0.15) is 0 Å². The summed E-state index contributed by atoms with van der Waals surface area (Å²) in [6, 6.07) is 8.24. The normalized spacial score (nSPS) is 16.2. The third-order valence-corrected chi connectivity index (χ3v) is 4.65. The third-order valence-electron chi connectivity index (χ3n) is 4.65. The highest BCUT2D eigenvalue weighted by Gasteiger charge is 2.42. The zero-order valence-corrected chi connectivity index (χ0v) is 14.1.